The van der Waals surface area contributed by atoms with E-state index in [4.69, 9.17) is 28.1 Å². The van der Waals surface area contributed by atoms with Gasteiger partial charge in [-0.25, -0.2) is 4.79 Å². The number of carboxylic acid groups (broad SMARTS) is 1. The van der Waals surface area contributed by atoms with E-state index in [-0.39, 0.29) is 22.7 Å². The normalized spacial score (nSPS) is 31.8. The molecule has 0 aliphatic carbocycles. The van der Waals surface area contributed by atoms with Crippen LogP contribution in [0.25, 0.3) is 22.3 Å². The molecule has 2 saturated heterocycles. The van der Waals surface area contributed by atoms with E-state index in [1.165, 1.54) is 31.4 Å². The lowest BCUT2D eigenvalue weighted by Crippen LogP contribution is -2.61. The van der Waals surface area contributed by atoms with Gasteiger partial charge in [0, 0.05) is 17.7 Å². The van der Waals surface area contributed by atoms with Gasteiger partial charge in [0.1, 0.15) is 70.9 Å². The lowest BCUT2D eigenvalue weighted by Gasteiger charge is -2.39. The number of hydrogen-bond acceptors (Lipinski definition) is 16. The van der Waals surface area contributed by atoms with Gasteiger partial charge in [-0.1, -0.05) is 0 Å². The van der Waals surface area contributed by atoms with Gasteiger partial charge >= 0.3 is 5.97 Å². The summed E-state index contributed by atoms with van der Waals surface area (Å²) in [6.07, 6.45) is -18.6. The molecule has 10 atom stereocenters. The Balaban J connectivity index is 1.62. The van der Waals surface area contributed by atoms with Crippen molar-refractivity contribution in [2.45, 2.75) is 61.4 Å². The summed E-state index contributed by atoms with van der Waals surface area (Å²) in [4.78, 5) is 25.0. The van der Waals surface area contributed by atoms with Crippen molar-refractivity contribution in [2.24, 2.45) is 0 Å². The smallest absolute Gasteiger partial charge is 0.335 e. The second-order valence-corrected chi connectivity index (χ2v) is 10.3. The van der Waals surface area contributed by atoms with E-state index in [0.29, 0.717) is 5.75 Å². The number of rotatable bonds is 8. The first-order chi connectivity index (χ1) is 21.4. The van der Waals surface area contributed by atoms with Gasteiger partial charge in [0.05, 0.1) is 13.7 Å². The molecule has 2 aliphatic rings. The maximum Gasteiger partial charge on any atom is 0.335 e. The zero-order valence-electron chi connectivity index (χ0n) is 23.2. The number of methoxy groups -OCH3 is 1. The number of aliphatic carboxylic acids is 1. The molecule has 0 amide bonds. The van der Waals surface area contributed by atoms with Crippen LogP contribution in [0.2, 0.25) is 0 Å². The third-order valence-corrected chi connectivity index (χ3v) is 7.42. The number of fused-ring (bicyclic) bond motifs is 1. The van der Waals surface area contributed by atoms with Gasteiger partial charge in [-0.05, 0) is 24.3 Å². The molecule has 0 radical (unpaired) electrons. The number of carboxylic acids is 1. The zero-order valence-corrected chi connectivity index (χ0v) is 23.2. The first-order valence-electron chi connectivity index (χ1n) is 13.4. The first kappa shape index (κ1) is 32.4. The Labute approximate surface area is 252 Å². The molecule has 3 heterocycles. The average Bonchev–Trinajstić information content (AvgIpc) is 3.02. The summed E-state index contributed by atoms with van der Waals surface area (Å²) >= 11 is 0. The molecule has 5 rings (SSSR count). The van der Waals surface area contributed by atoms with Crippen LogP contribution in [-0.4, -0.2) is 127 Å². The molecule has 0 bridgehead atoms. The highest BCUT2D eigenvalue weighted by Gasteiger charge is 2.48. The Morgan fingerprint density at radius 1 is 0.822 bits per heavy atom. The number of hydrogen-bond donors (Lipinski definition) is 9. The largest absolute Gasteiger partial charge is 0.502 e. The van der Waals surface area contributed by atoms with Crippen LogP contribution in [0, 0.1) is 0 Å². The molecular weight excluding hydrogens is 608 g/mol. The van der Waals surface area contributed by atoms with Crippen molar-refractivity contribution in [1.82, 2.24) is 0 Å². The summed E-state index contributed by atoms with van der Waals surface area (Å²) < 4.78 is 32.8. The van der Waals surface area contributed by atoms with Crippen molar-refractivity contribution in [1.29, 1.82) is 0 Å². The maximum atomic E-state index is 13.5. The van der Waals surface area contributed by atoms with Crippen LogP contribution >= 0.6 is 0 Å². The summed E-state index contributed by atoms with van der Waals surface area (Å²) in [6.45, 7) is -0.793. The van der Waals surface area contributed by atoms with Crippen LogP contribution in [0.4, 0.5) is 0 Å². The Bertz CT molecular complexity index is 1590. The van der Waals surface area contributed by atoms with Gasteiger partial charge < -0.3 is 74.1 Å². The van der Waals surface area contributed by atoms with Crippen molar-refractivity contribution in [3.05, 3.63) is 46.6 Å². The van der Waals surface area contributed by atoms with Crippen molar-refractivity contribution >= 4 is 16.9 Å². The molecule has 45 heavy (non-hydrogen) atoms. The summed E-state index contributed by atoms with van der Waals surface area (Å²) in [5.74, 6) is -3.20. The molecule has 1 aromatic heterocycles. The van der Waals surface area contributed by atoms with E-state index in [1.54, 1.807) is 0 Å². The van der Waals surface area contributed by atoms with E-state index in [1.807, 2.05) is 0 Å². The van der Waals surface area contributed by atoms with Gasteiger partial charge in [0.15, 0.2) is 11.9 Å². The van der Waals surface area contributed by atoms with Crippen LogP contribution in [0.3, 0.4) is 0 Å². The molecule has 2 fully saturated rings. The van der Waals surface area contributed by atoms with Crippen molar-refractivity contribution < 1.29 is 78.9 Å². The molecular formula is C28H30O17. The number of ether oxygens (including phenoxy) is 5. The summed E-state index contributed by atoms with van der Waals surface area (Å²) in [5, 5.41) is 90.8. The van der Waals surface area contributed by atoms with E-state index >= 15 is 0 Å². The molecule has 17 nitrogen and oxygen atoms in total. The molecule has 2 aromatic carbocycles. The SMILES string of the molecule is COc1ccc(-c2oc3cc(OC4OC(C(=O)O)C(O)C(O)C4O)cc(OC4OC(CO)C(O)C(O)C4O)c3c(=O)c2O)cc1. The van der Waals surface area contributed by atoms with Crippen LogP contribution in [0.1, 0.15) is 0 Å². The molecule has 9 N–H and O–H groups in total. The van der Waals surface area contributed by atoms with Gasteiger partial charge in [-0.3, -0.25) is 4.79 Å². The van der Waals surface area contributed by atoms with Gasteiger partial charge in [0.2, 0.25) is 23.8 Å². The average molecular weight is 639 g/mol. The molecule has 10 unspecified atom stereocenters. The highest BCUT2D eigenvalue weighted by molar-refractivity contribution is 5.88. The Hall–Kier alpha value is -4.04. The maximum absolute atomic E-state index is 13.5. The predicted octanol–water partition coefficient (Wildman–Crippen LogP) is -2.38. The minimum Gasteiger partial charge on any atom is -0.502 e. The zero-order chi connectivity index (χ0) is 32.7. The second-order valence-electron chi connectivity index (χ2n) is 10.3. The van der Waals surface area contributed by atoms with Crippen molar-refractivity contribution in [2.75, 3.05) is 13.7 Å². The fourth-order valence-corrected chi connectivity index (χ4v) is 4.92. The minimum absolute atomic E-state index is 0.238. The van der Waals surface area contributed by atoms with Crippen LogP contribution in [0.15, 0.2) is 45.6 Å². The molecule has 244 valence electrons. The van der Waals surface area contributed by atoms with Crippen molar-refractivity contribution in [3.8, 4) is 34.3 Å². The molecule has 0 saturated carbocycles. The minimum atomic E-state index is -2.01. The number of aromatic hydroxyl groups is 1. The molecule has 0 spiro atoms. The number of carbonyl (C=O) groups is 1. The van der Waals surface area contributed by atoms with Crippen LogP contribution in [-0.2, 0) is 14.3 Å². The second kappa shape index (κ2) is 12.8. The van der Waals surface area contributed by atoms with Gasteiger partial charge in [-0.2, -0.15) is 0 Å². The standard InChI is InChI=1S/C28H30O17/c1-40-10-4-2-9(3-5-10)24-20(34)17(31)15-12(42-24)6-11(41-27-23(37)19(33)21(35)25(45-27)26(38)39)7-13(15)43-28-22(36)18(32)16(30)14(8-29)44-28/h2-7,14,16,18-19,21-23,25,27-30,32-37H,8H2,1H3,(H,38,39). The first-order valence-corrected chi connectivity index (χ1v) is 13.4. The lowest BCUT2D eigenvalue weighted by atomic mass is 9.99. The highest BCUT2D eigenvalue weighted by atomic mass is 16.7. The third-order valence-electron chi connectivity index (χ3n) is 7.42. The highest BCUT2D eigenvalue weighted by Crippen LogP contribution is 2.38. The van der Waals surface area contributed by atoms with E-state index < -0.39 is 96.3 Å². The summed E-state index contributed by atoms with van der Waals surface area (Å²) in [5.41, 5.74) is -1.12. The quantitative estimate of drug-likeness (QED) is 0.125. The predicted molar refractivity (Wildman–Crippen MR) is 145 cm³/mol. The molecule has 2 aliphatic heterocycles. The van der Waals surface area contributed by atoms with E-state index in [0.717, 1.165) is 12.1 Å². The third kappa shape index (κ3) is 6.00. The van der Waals surface area contributed by atoms with E-state index in [2.05, 4.69) is 0 Å². The Kier molecular flexibility index (Phi) is 9.17. The lowest BCUT2D eigenvalue weighted by molar-refractivity contribution is -0.277. The van der Waals surface area contributed by atoms with Crippen LogP contribution in [0.5, 0.6) is 23.0 Å². The van der Waals surface area contributed by atoms with E-state index in [9.17, 15) is 55.5 Å². The number of aliphatic hydroxyl groups is 7. The number of benzene rings is 2. The molecule has 17 heteroatoms. The summed E-state index contributed by atoms with van der Waals surface area (Å²) in [6, 6.07) is 8.11. The van der Waals surface area contributed by atoms with Crippen LogP contribution < -0.4 is 19.6 Å². The Morgan fingerprint density at radius 3 is 2.04 bits per heavy atom. The molecule has 3 aromatic rings. The van der Waals surface area contributed by atoms with Crippen molar-refractivity contribution in [3.63, 3.8) is 0 Å². The van der Waals surface area contributed by atoms with Gasteiger partial charge in [-0.15, -0.1) is 0 Å². The monoisotopic (exact) mass is 638 g/mol. The van der Waals surface area contributed by atoms with Gasteiger partial charge in [0.25, 0.3) is 0 Å². The fraction of sp³-hybridized carbons (Fsp3) is 0.429. The Morgan fingerprint density at radius 2 is 1.44 bits per heavy atom. The topological polar surface area (TPSA) is 275 Å². The number of aliphatic hydroxyl groups excluding tert-OH is 7. The summed E-state index contributed by atoms with van der Waals surface area (Å²) in [7, 11) is 1.44. The fourth-order valence-electron chi connectivity index (χ4n) is 4.92.